The van der Waals surface area contributed by atoms with Crippen LogP contribution < -0.4 is 5.32 Å². The molecule has 1 aliphatic heterocycles. The van der Waals surface area contributed by atoms with E-state index < -0.39 is 0 Å². The van der Waals surface area contributed by atoms with Gasteiger partial charge in [-0.1, -0.05) is 17.7 Å². The Morgan fingerprint density at radius 1 is 1.41 bits per heavy atom. The second-order valence-corrected chi connectivity index (χ2v) is 5.45. The zero-order valence-electron chi connectivity index (χ0n) is 10.0. The van der Waals surface area contributed by atoms with Gasteiger partial charge in [0.05, 0.1) is 0 Å². The average Bonchev–Trinajstić information content (AvgIpc) is 2.79. The molecule has 2 aliphatic rings. The Hall–Kier alpha value is -0.860. The molecule has 1 aromatic heterocycles. The predicted molar refractivity (Wildman–Crippen MR) is 71.1 cm³/mol. The van der Waals surface area contributed by atoms with Crippen LogP contribution in [0.15, 0.2) is 18.3 Å². The quantitative estimate of drug-likeness (QED) is 0.772. The van der Waals surface area contributed by atoms with E-state index >= 15 is 0 Å². The molecule has 3 rings (SSSR count). The van der Waals surface area contributed by atoms with Gasteiger partial charge in [0.2, 0.25) is 0 Å². The van der Waals surface area contributed by atoms with Gasteiger partial charge < -0.3 is 5.32 Å². The van der Waals surface area contributed by atoms with Crippen molar-refractivity contribution in [2.75, 3.05) is 6.54 Å². The van der Waals surface area contributed by atoms with Crippen LogP contribution in [0.4, 0.5) is 0 Å². The van der Waals surface area contributed by atoms with E-state index in [4.69, 9.17) is 11.6 Å². The van der Waals surface area contributed by atoms with Gasteiger partial charge in [-0.2, -0.15) is 0 Å². The Labute approximate surface area is 107 Å². The average molecular weight is 249 g/mol. The molecule has 0 amide bonds. The van der Waals surface area contributed by atoms with Crippen molar-refractivity contribution in [1.82, 2.24) is 10.3 Å². The van der Waals surface area contributed by atoms with Crippen LogP contribution in [-0.4, -0.2) is 17.6 Å². The van der Waals surface area contributed by atoms with Gasteiger partial charge in [-0.3, -0.25) is 0 Å². The van der Waals surface area contributed by atoms with Crippen LogP contribution in [0.2, 0.25) is 5.15 Å². The molecule has 1 fully saturated rings. The minimum absolute atomic E-state index is 0.578. The van der Waals surface area contributed by atoms with Gasteiger partial charge in [-0.25, -0.2) is 4.98 Å². The maximum atomic E-state index is 5.97. The largest absolute Gasteiger partial charge is 0.310 e. The standard InChI is InChI=1S/C14H17ClN2/c1-9-6-12(8-17-14(9)15)11-3-2-10-4-5-16-13(10)7-11/h6-8,10,13,16H,2-5H2,1H3. The zero-order chi connectivity index (χ0) is 11.8. The number of pyridine rings is 1. The molecule has 0 aromatic carbocycles. The highest BCUT2D eigenvalue weighted by Gasteiger charge is 2.28. The summed E-state index contributed by atoms with van der Waals surface area (Å²) in [5.41, 5.74) is 3.72. The van der Waals surface area contributed by atoms with Gasteiger partial charge >= 0.3 is 0 Å². The number of allylic oxidation sites excluding steroid dienone is 1. The molecule has 1 N–H and O–H groups in total. The summed E-state index contributed by atoms with van der Waals surface area (Å²) in [6, 6.07) is 2.73. The summed E-state index contributed by atoms with van der Waals surface area (Å²) < 4.78 is 0. The highest BCUT2D eigenvalue weighted by Crippen LogP contribution is 2.34. The van der Waals surface area contributed by atoms with Crippen molar-refractivity contribution in [2.45, 2.75) is 32.2 Å². The Morgan fingerprint density at radius 2 is 2.29 bits per heavy atom. The molecule has 1 aliphatic carbocycles. The third kappa shape index (κ3) is 2.12. The van der Waals surface area contributed by atoms with Crippen molar-refractivity contribution < 1.29 is 0 Å². The third-order valence-electron chi connectivity index (χ3n) is 3.95. The van der Waals surface area contributed by atoms with Crippen LogP contribution in [0.25, 0.3) is 5.57 Å². The van der Waals surface area contributed by atoms with E-state index in [0.29, 0.717) is 11.2 Å². The molecule has 0 saturated carbocycles. The van der Waals surface area contributed by atoms with E-state index in [-0.39, 0.29) is 0 Å². The van der Waals surface area contributed by atoms with Gasteiger partial charge in [0.15, 0.2) is 0 Å². The van der Waals surface area contributed by atoms with E-state index in [1.807, 2.05) is 13.1 Å². The molecule has 1 saturated heterocycles. The first-order valence-electron chi connectivity index (χ1n) is 6.30. The van der Waals surface area contributed by atoms with E-state index in [1.165, 1.54) is 30.4 Å². The topological polar surface area (TPSA) is 24.9 Å². The molecule has 3 heteroatoms. The van der Waals surface area contributed by atoms with Crippen molar-refractivity contribution in [2.24, 2.45) is 5.92 Å². The smallest absolute Gasteiger partial charge is 0.131 e. The highest BCUT2D eigenvalue weighted by molar-refractivity contribution is 6.30. The third-order valence-corrected chi connectivity index (χ3v) is 4.35. The first-order valence-corrected chi connectivity index (χ1v) is 6.68. The summed E-state index contributed by atoms with van der Waals surface area (Å²) in [5, 5.41) is 4.17. The van der Waals surface area contributed by atoms with E-state index in [1.54, 1.807) is 0 Å². The Kier molecular flexibility index (Phi) is 2.93. The molecular formula is C14H17ClN2. The van der Waals surface area contributed by atoms with Crippen molar-refractivity contribution >= 4 is 17.2 Å². The highest BCUT2D eigenvalue weighted by atomic mass is 35.5. The SMILES string of the molecule is Cc1cc(C2=CC3NCCC3CC2)cnc1Cl. The first-order chi connectivity index (χ1) is 8.24. The molecule has 0 radical (unpaired) electrons. The number of aryl methyl sites for hydroxylation is 1. The summed E-state index contributed by atoms with van der Waals surface area (Å²) in [6.07, 6.45) is 8.09. The van der Waals surface area contributed by atoms with E-state index in [9.17, 15) is 0 Å². The summed E-state index contributed by atoms with van der Waals surface area (Å²) in [6.45, 7) is 3.18. The zero-order valence-corrected chi connectivity index (χ0v) is 10.8. The number of rotatable bonds is 1. The van der Waals surface area contributed by atoms with Crippen molar-refractivity contribution in [3.05, 3.63) is 34.6 Å². The molecule has 2 nitrogen and oxygen atoms in total. The Balaban J connectivity index is 1.91. The fourth-order valence-corrected chi connectivity index (χ4v) is 3.02. The number of nitrogens with zero attached hydrogens (tertiary/aromatic N) is 1. The molecule has 2 heterocycles. The van der Waals surface area contributed by atoms with Crippen molar-refractivity contribution in [1.29, 1.82) is 0 Å². The van der Waals surface area contributed by atoms with Crippen LogP contribution in [0.3, 0.4) is 0 Å². The van der Waals surface area contributed by atoms with Crippen LogP contribution >= 0.6 is 11.6 Å². The van der Waals surface area contributed by atoms with Crippen molar-refractivity contribution in [3.63, 3.8) is 0 Å². The summed E-state index contributed by atoms with van der Waals surface area (Å²) in [7, 11) is 0. The maximum Gasteiger partial charge on any atom is 0.131 e. The number of aromatic nitrogens is 1. The predicted octanol–water partition coefficient (Wildman–Crippen LogP) is 3.20. The number of nitrogens with one attached hydrogen (secondary N) is 1. The minimum atomic E-state index is 0.578. The van der Waals surface area contributed by atoms with Gasteiger partial charge in [0, 0.05) is 12.2 Å². The molecule has 1 aromatic rings. The van der Waals surface area contributed by atoms with E-state index in [2.05, 4.69) is 22.4 Å². The van der Waals surface area contributed by atoms with Crippen LogP contribution in [-0.2, 0) is 0 Å². The summed E-state index contributed by atoms with van der Waals surface area (Å²) in [4.78, 5) is 4.24. The minimum Gasteiger partial charge on any atom is -0.310 e. The second-order valence-electron chi connectivity index (χ2n) is 5.09. The number of hydrogen-bond donors (Lipinski definition) is 1. The molecule has 0 spiro atoms. The lowest BCUT2D eigenvalue weighted by atomic mass is 9.84. The van der Waals surface area contributed by atoms with Crippen LogP contribution in [0.5, 0.6) is 0 Å². The second kappa shape index (κ2) is 4.43. The van der Waals surface area contributed by atoms with Gasteiger partial charge in [0.1, 0.15) is 5.15 Å². The monoisotopic (exact) mass is 248 g/mol. The van der Waals surface area contributed by atoms with Gasteiger partial charge in [0.25, 0.3) is 0 Å². The molecule has 2 unspecified atom stereocenters. The van der Waals surface area contributed by atoms with Crippen LogP contribution in [0.1, 0.15) is 30.4 Å². The normalized spacial score (nSPS) is 27.8. The summed E-state index contributed by atoms with van der Waals surface area (Å²) >= 11 is 5.97. The molecule has 0 bridgehead atoms. The molecule has 90 valence electrons. The molecule has 17 heavy (non-hydrogen) atoms. The fourth-order valence-electron chi connectivity index (χ4n) is 2.92. The van der Waals surface area contributed by atoms with Gasteiger partial charge in [-0.05, 0) is 61.4 Å². The van der Waals surface area contributed by atoms with Gasteiger partial charge in [-0.15, -0.1) is 0 Å². The first kappa shape index (κ1) is 11.2. The fraction of sp³-hybridized carbons (Fsp3) is 0.500. The van der Waals surface area contributed by atoms with Crippen molar-refractivity contribution in [3.8, 4) is 0 Å². The molecular weight excluding hydrogens is 232 g/mol. The molecule has 2 atom stereocenters. The maximum absolute atomic E-state index is 5.97. The summed E-state index contributed by atoms with van der Waals surface area (Å²) in [5.74, 6) is 0.847. The lowest BCUT2D eigenvalue weighted by Gasteiger charge is -2.24. The lowest BCUT2D eigenvalue weighted by molar-refractivity contribution is 0.465. The lowest BCUT2D eigenvalue weighted by Crippen LogP contribution is -2.27. The number of halogens is 1. The number of fused-ring (bicyclic) bond motifs is 1. The van der Waals surface area contributed by atoms with E-state index in [0.717, 1.165) is 18.0 Å². The number of hydrogen-bond acceptors (Lipinski definition) is 2. The van der Waals surface area contributed by atoms with Crippen LogP contribution in [0, 0.1) is 12.8 Å². The Bertz CT molecular complexity index is 467. The Morgan fingerprint density at radius 3 is 3.12 bits per heavy atom.